The van der Waals surface area contributed by atoms with Crippen LogP contribution in [0, 0.1) is 0 Å². The molecule has 1 unspecified atom stereocenters. The Morgan fingerprint density at radius 1 is 0.365 bits per heavy atom. The van der Waals surface area contributed by atoms with E-state index in [-0.39, 0.29) is 0 Å². The van der Waals surface area contributed by atoms with E-state index in [0.717, 1.165) is 0 Å². The number of hydrogen-bond donors (Lipinski definition) is 0. The molecule has 368 valence electrons. The van der Waals surface area contributed by atoms with E-state index < -0.39 is 0 Å². The molecule has 0 amide bonds. The molecule has 5 saturated heterocycles. The van der Waals surface area contributed by atoms with Crippen LogP contribution in [0.1, 0.15) is 99.6 Å². The molecule has 2 aromatic carbocycles. The van der Waals surface area contributed by atoms with Crippen LogP contribution in [0.5, 0.6) is 0 Å². The number of benzene rings is 2. The number of piperazine rings is 3. The molecule has 10 heteroatoms. The van der Waals surface area contributed by atoms with Gasteiger partial charge in [0.1, 0.15) is 0 Å². The molecule has 5 aliphatic heterocycles. The average molecular weight is 884 g/mol. The largest absolute Gasteiger partial charge is 0.341 e. The number of likely N-dealkylation sites (tertiary alicyclic amines) is 2. The predicted octanol–water partition coefficient (Wildman–Crippen LogP) is 9.36. The minimum atomic E-state index is 0.555. The van der Waals surface area contributed by atoms with Crippen LogP contribution >= 0.6 is 0 Å². The Labute approximate surface area is 393 Å². The molecule has 0 spiro atoms. The van der Waals surface area contributed by atoms with Crippen LogP contribution in [-0.2, 0) is 7.05 Å². The molecule has 3 aromatic rings. The third-order valence-electron chi connectivity index (χ3n) is 10.8. The Kier molecular flexibility index (Phi) is 48.5. The molecule has 0 radical (unpaired) electrons. The Morgan fingerprint density at radius 2 is 0.651 bits per heavy atom. The van der Waals surface area contributed by atoms with E-state index in [1.807, 2.05) is 110 Å². The number of likely N-dealkylation sites (N-methyl/N-ethyl adjacent to an activating group) is 5. The van der Waals surface area contributed by atoms with Gasteiger partial charge < -0.3 is 38.9 Å². The maximum atomic E-state index is 3.78. The number of imidazole rings is 1. The topological polar surface area (TPSA) is 43.7 Å². The van der Waals surface area contributed by atoms with Crippen molar-refractivity contribution >= 4 is 0 Å². The predicted molar refractivity (Wildman–Crippen MR) is 282 cm³/mol. The van der Waals surface area contributed by atoms with Gasteiger partial charge in [0.05, 0.1) is 6.33 Å². The molecule has 0 N–H and O–H groups in total. The minimum Gasteiger partial charge on any atom is -0.341 e. The summed E-state index contributed by atoms with van der Waals surface area (Å²) in [5, 5.41) is 0. The first kappa shape index (κ1) is 64.6. The Bertz CT molecular complexity index is 1150. The lowest BCUT2D eigenvalue weighted by Crippen LogP contribution is -2.45. The molecule has 6 heterocycles. The van der Waals surface area contributed by atoms with Gasteiger partial charge in [-0.2, -0.15) is 0 Å². The summed E-state index contributed by atoms with van der Waals surface area (Å²) in [6.07, 6.45) is 11.1. The standard InChI is InChI=1S/C13H20N2.2C6H14N2.C6H13N.C6H6.C4H6N2.C4H9N.4C2H6/c1-12(13-6-4-3-5-7-13)15-10-8-14(2)9-11-15;2*1-7-3-5-8(2)6-4-7;1-7-5-3-2-4-6-7;1-2-4-6-5-3-1;1-6-3-2-5-4-6;1-5-3-2-4-5;4*1-2/h3-7,12H,8-11H2,1-2H3;2*3-6H2,1-2H3;2-6H2,1H3;1-6H;2-4H,1H3;2-4H2,1H3;4*1-2H3. The Morgan fingerprint density at radius 3 is 0.873 bits per heavy atom. The second kappa shape index (κ2) is 47.3. The lowest BCUT2D eigenvalue weighted by molar-refractivity contribution is 0.119. The van der Waals surface area contributed by atoms with Crippen LogP contribution in [0.4, 0.5) is 0 Å². The van der Waals surface area contributed by atoms with Crippen molar-refractivity contribution in [3.05, 3.63) is 91.0 Å². The molecule has 0 bridgehead atoms. The number of aromatic nitrogens is 2. The maximum Gasteiger partial charge on any atom is 0.0943 e. The van der Waals surface area contributed by atoms with Crippen molar-refractivity contribution in [1.29, 1.82) is 0 Å². The van der Waals surface area contributed by atoms with Gasteiger partial charge in [-0.15, -0.1) is 0 Å². The van der Waals surface area contributed by atoms with Crippen molar-refractivity contribution < 1.29 is 0 Å². The van der Waals surface area contributed by atoms with Gasteiger partial charge in [-0.3, -0.25) is 4.90 Å². The smallest absolute Gasteiger partial charge is 0.0943 e. The molecular formula is C53H106N10. The van der Waals surface area contributed by atoms with E-state index in [0.29, 0.717) is 6.04 Å². The van der Waals surface area contributed by atoms with Gasteiger partial charge in [0.2, 0.25) is 0 Å². The molecule has 10 nitrogen and oxygen atoms in total. The second-order valence-corrected chi connectivity index (χ2v) is 16.0. The van der Waals surface area contributed by atoms with Gasteiger partial charge in [0.15, 0.2) is 0 Å². The third-order valence-corrected chi connectivity index (χ3v) is 10.8. The van der Waals surface area contributed by atoms with Crippen molar-refractivity contribution in [2.75, 3.05) is 154 Å². The zero-order valence-electron chi connectivity index (χ0n) is 44.8. The highest BCUT2D eigenvalue weighted by Gasteiger charge is 2.19. The summed E-state index contributed by atoms with van der Waals surface area (Å²) in [5.74, 6) is 0. The summed E-state index contributed by atoms with van der Waals surface area (Å²) in [5.41, 5.74) is 1.43. The number of nitrogens with zero attached hydrogens (tertiary/aromatic N) is 10. The van der Waals surface area contributed by atoms with Crippen LogP contribution in [0.3, 0.4) is 0 Å². The molecular weight excluding hydrogens is 777 g/mol. The maximum absolute atomic E-state index is 3.78. The normalized spacial score (nSPS) is 18.6. The summed E-state index contributed by atoms with van der Waals surface area (Å²) in [7, 11) is 17.2. The van der Waals surface area contributed by atoms with E-state index in [2.05, 4.69) is 131 Å². The Balaban J connectivity index is -0.000000667. The van der Waals surface area contributed by atoms with Crippen molar-refractivity contribution in [3.8, 4) is 0 Å². The summed E-state index contributed by atoms with van der Waals surface area (Å²) < 4.78 is 1.89. The van der Waals surface area contributed by atoms with Crippen LogP contribution in [-0.4, -0.2) is 203 Å². The first-order valence-corrected chi connectivity index (χ1v) is 25.0. The first-order chi connectivity index (χ1) is 30.5. The molecule has 1 aromatic heterocycles. The second-order valence-electron chi connectivity index (χ2n) is 16.0. The van der Waals surface area contributed by atoms with Crippen LogP contribution in [0.25, 0.3) is 0 Å². The van der Waals surface area contributed by atoms with Crippen LogP contribution in [0.15, 0.2) is 85.5 Å². The number of rotatable bonds is 2. The van der Waals surface area contributed by atoms with Gasteiger partial charge >= 0.3 is 0 Å². The quantitative estimate of drug-likeness (QED) is 0.251. The molecule has 5 fully saturated rings. The number of aryl methyl sites for hydroxylation is 1. The van der Waals surface area contributed by atoms with Crippen molar-refractivity contribution in [2.24, 2.45) is 7.05 Å². The fourth-order valence-electron chi connectivity index (χ4n) is 6.20. The number of piperidine rings is 1. The zero-order chi connectivity index (χ0) is 48.1. The highest BCUT2D eigenvalue weighted by Crippen LogP contribution is 2.20. The molecule has 0 saturated carbocycles. The Hall–Kier alpha value is -2.67. The van der Waals surface area contributed by atoms with Gasteiger partial charge in [-0.05, 0) is 107 Å². The highest BCUT2D eigenvalue weighted by molar-refractivity contribution is 5.18. The lowest BCUT2D eigenvalue weighted by Gasteiger charge is -2.36. The van der Waals surface area contributed by atoms with Gasteiger partial charge in [-0.1, -0.05) is 129 Å². The van der Waals surface area contributed by atoms with Crippen LogP contribution in [0.2, 0.25) is 0 Å². The van der Waals surface area contributed by atoms with Gasteiger partial charge in [0, 0.05) is 104 Å². The monoisotopic (exact) mass is 883 g/mol. The third kappa shape index (κ3) is 39.4. The molecule has 8 rings (SSSR count). The summed E-state index contributed by atoms with van der Waals surface area (Å²) in [6.45, 7) is 38.2. The zero-order valence-corrected chi connectivity index (χ0v) is 44.8. The molecule has 63 heavy (non-hydrogen) atoms. The van der Waals surface area contributed by atoms with E-state index >= 15 is 0 Å². The van der Waals surface area contributed by atoms with Crippen molar-refractivity contribution in [3.63, 3.8) is 0 Å². The van der Waals surface area contributed by atoms with Gasteiger partial charge in [0.25, 0.3) is 0 Å². The molecule has 5 aliphatic rings. The summed E-state index contributed by atoms with van der Waals surface area (Å²) >= 11 is 0. The minimum absolute atomic E-state index is 0.555. The summed E-state index contributed by atoms with van der Waals surface area (Å²) in [6, 6.07) is 23.3. The van der Waals surface area contributed by atoms with Crippen molar-refractivity contribution in [2.45, 2.75) is 94.0 Å². The highest BCUT2D eigenvalue weighted by atomic mass is 15.3. The van der Waals surface area contributed by atoms with E-state index in [4.69, 9.17) is 0 Å². The first-order valence-electron chi connectivity index (χ1n) is 25.0. The van der Waals surface area contributed by atoms with Crippen molar-refractivity contribution in [1.82, 2.24) is 48.8 Å². The average Bonchev–Trinajstić information content (AvgIpc) is 3.83. The van der Waals surface area contributed by atoms with Crippen LogP contribution < -0.4 is 0 Å². The van der Waals surface area contributed by atoms with E-state index in [1.165, 1.54) is 136 Å². The summed E-state index contributed by atoms with van der Waals surface area (Å²) in [4.78, 5) is 22.9. The molecule has 0 aliphatic carbocycles. The van der Waals surface area contributed by atoms with Gasteiger partial charge in [-0.25, -0.2) is 4.98 Å². The van der Waals surface area contributed by atoms with E-state index in [9.17, 15) is 0 Å². The molecule has 1 atom stereocenters. The fourth-order valence-corrected chi connectivity index (χ4v) is 6.20. The van der Waals surface area contributed by atoms with E-state index in [1.54, 1.807) is 12.5 Å². The lowest BCUT2D eigenvalue weighted by atomic mass is 10.1. The fraction of sp³-hybridized carbons (Fsp3) is 0.717. The number of hydrogen-bond acceptors (Lipinski definition) is 9. The SMILES string of the molecule is CC.CC.CC.CC.CC(c1ccccc1)N1CCN(C)CC1.CN1CCC1.CN1CCCCC1.CN1CCN(C)CC1.CN1CCN(C)CC1.Cn1ccnc1.c1ccccc1.